The maximum atomic E-state index is 12.3. The van der Waals surface area contributed by atoms with Gasteiger partial charge in [0.15, 0.2) is 5.13 Å². The lowest BCUT2D eigenvalue weighted by molar-refractivity contribution is -0.131. The molecule has 0 radical (unpaired) electrons. The van der Waals surface area contributed by atoms with Gasteiger partial charge >= 0.3 is 0 Å². The third-order valence-electron chi connectivity index (χ3n) is 3.98. The molecule has 0 saturated carbocycles. The predicted molar refractivity (Wildman–Crippen MR) is 90.4 cm³/mol. The molecule has 1 aromatic heterocycles. The predicted octanol–water partition coefficient (Wildman–Crippen LogP) is 2.73. The highest BCUT2D eigenvalue weighted by Crippen LogP contribution is 2.22. The Morgan fingerprint density at radius 1 is 1.18 bits per heavy atom. The van der Waals surface area contributed by atoms with Crippen LogP contribution in [0.15, 0.2) is 36.5 Å². The summed E-state index contributed by atoms with van der Waals surface area (Å²) in [7, 11) is 0. The fourth-order valence-electron chi connectivity index (χ4n) is 2.69. The Morgan fingerprint density at radius 2 is 1.91 bits per heavy atom. The Balaban J connectivity index is 1.47. The zero-order valence-electron chi connectivity index (χ0n) is 12.9. The van der Waals surface area contributed by atoms with Gasteiger partial charge in [0.1, 0.15) is 0 Å². The minimum absolute atomic E-state index is 0.263. The molecule has 0 spiro atoms. The number of piperazine rings is 1. The van der Waals surface area contributed by atoms with E-state index < -0.39 is 0 Å². The molecule has 2 heterocycles. The number of benzene rings is 1. The molecular weight excluding hydrogens is 294 g/mol. The Kier molecular flexibility index (Phi) is 4.73. The Hall–Kier alpha value is -1.88. The van der Waals surface area contributed by atoms with Gasteiger partial charge < -0.3 is 9.80 Å². The minimum Gasteiger partial charge on any atom is -0.345 e. The monoisotopic (exact) mass is 315 g/mol. The standard InChI is InChI=1S/C17H21N3OS/c1-14-13-18-17(22-14)20-11-9-19(10-12-20)16(21)8-7-15-5-3-2-4-6-15/h2-6,13H,7-12H2,1H3. The van der Waals surface area contributed by atoms with Gasteiger partial charge in [0.05, 0.1) is 0 Å². The third-order valence-corrected chi connectivity index (χ3v) is 4.96. The summed E-state index contributed by atoms with van der Waals surface area (Å²) in [4.78, 5) is 22.2. The number of hydrogen-bond acceptors (Lipinski definition) is 4. The van der Waals surface area contributed by atoms with Crippen LogP contribution in [0.3, 0.4) is 0 Å². The van der Waals surface area contributed by atoms with E-state index in [0.29, 0.717) is 6.42 Å². The molecule has 1 aromatic carbocycles. The van der Waals surface area contributed by atoms with Crippen LogP contribution >= 0.6 is 11.3 Å². The van der Waals surface area contributed by atoms with Crippen molar-refractivity contribution in [1.29, 1.82) is 0 Å². The van der Waals surface area contributed by atoms with Crippen LogP contribution < -0.4 is 4.90 Å². The normalized spacial score (nSPS) is 15.1. The smallest absolute Gasteiger partial charge is 0.223 e. The van der Waals surface area contributed by atoms with Crippen LogP contribution in [0.25, 0.3) is 0 Å². The number of thiazole rings is 1. The largest absolute Gasteiger partial charge is 0.345 e. The molecule has 5 heteroatoms. The Morgan fingerprint density at radius 3 is 2.55 bits per heavy atom. The number of rotatable bonds is 4. The fourth-order valence-corrected chi connectivity index (χ4v) is 3.50. The molecular formula is C17H21N3OS. The number of aromatic nitrogens is 1. The average molecular weight is 315 g/mol. The van der Waals surface area contributed by atoms with E-state index in [2.05, 4.69) is 28.9 Å². The summed E-state index contributed by atoms with van der Waals surface area (Å²) in [5, 5.41) is 1.08. The number of aryl methyl sites for hydroxylation is 2. The summed E-state index contributed by atoms with van der Waals surface area (Å²) in [5.74, 6) is 0.263. The first-order valence-corrected chi connectivity index (χ1v) is 8.53. The molecule has 1 aliphatic heterocycles. The van der Waals surface area contributed by atoms with Crippen molar-refractivity contribution in [1.82, 2.24) is 9.88 Å². The van der Waals surface area contributed by atoms with Gasteiger partial charge in [-0.1, -0.05) is 30.3 Å². The molecule has 0 atom stereocenters. The van der Waals surface area contributed by atoms with E-state index in [1.807, 2.05) is 29.3 Å². The van der Waals surface area contributed by atoms with E-state index in [0.717, 1.165) is 37.7 Å². The van der Waals surface area contributed by atoms with Crippen molar-refractivity contribution >= 4 is 22.4 Å². The highest BCUT2D eigenvalue weighted by atomic mass is 32.1. The summed E-state index contributed by atoms with van der Waals surface area (Å²) in [6, 6.07) is 10.2. The van der Waals surface area contributed by atoms with Gasteiger partial charge in [-0.3, -0.25) is 4.79 Å². The molecule has 22 heavy (non-hydrogen) atoms. The maximum Gasteiger partial charge on any atom is 0.223 e. The lowest BCUT2D eigenvalue weighted by Gasteiger charge is -2.34. The zero-order valence-corrected chi connectivity index (χ0v) is 13.7. The van der Waals surface area contributed by atoms with Crippen LogP contribution in [0.5, 0.6) is 0 Å². The number of carbonyl (C=O) groups excluding carboxylic acids is 1. The Bertz CT molecular complexity index is 618. The number of carbonyl (C=O) groups is 1. The molecule has 116 valence electrons. The van der Waals surface area contributed by atoms with Gasteiger partial charge in [-0.05, 0) is 18.9 Å². The van der Waals surface area contributed by atoms with Crippen molar-refractivity contribution in [2.24, 2.45) is 0 Å². The highest BCUT2D eigenvalue weighted by Gasteiger charge is 2.22. The first-order chi connectivity index (χ1) is 10.7. The molecule has 1 aliphatic rings. The highest BCUT2D eigenvalue weighted by molar-refractivity contribution is 7.15. The van der Waals surface area contributed by atoms with Crippen LogP contribution in [-0.2, 0) is 11.2 Å². The van der Waals surface area contributed by atoms with Crippen molar-refractivity contribution in [3.63, 3.8) is 0 Å². The molecule has 3 rings (SSSR count). The molecule has 1 fully saturated rings. The average Bonchev–Trinajstić information content (AvgIpc) is 3.00. The van der Waals surface area contributed by atoms with Gasteiger partial charge in [-0.25, -0.2) is 4.98 Å². The second-order valence-corrected chi connectivity index (χ2v) is 6.82. The van der Waals surface area contributed by atoms with E-state index in [4.69, 9.17) is 0 Å². The number of amides is 1. The van der Waals surface area contributed by atoms with Gasteiger partial charge in [0.25, 0.3) is 0 Å². The lowest BCUT2D eigenvalue weighted by Crippen LogP contribution is -2.48. The molecule has 2 aromatic rings. The third kappa shape index (κ3) is 3.65. The minimum atomic E-state index is 0.263. The summed E-state index contributed by atoms with van der Waals surface area (Å²) >= 11 is 1.72. The van der Waals surface area contributed by atoms with E-state index in [1.54, 1.807) is 11.3 Å². The second kappa shape index (κ2) is 6.92. The molecule has 4 nitrogen and oxygen atoms in total. The summed E-state index contributed by atoms with van der Waals surface area (Å²) in [6.07, 6.45) is 3.34. The summed E-state index contributed by atoms with van der Waals surface area (Å²) in [6.45, 7) is 5.43. The quantitative estimate of drug-likeness (QED) is 0.870. The van der Waals surface area contributed by atoms with Gasteiger partial charge in [0.2, 0.25) is 5.91 Å². The van der Waals surface area contributed by atoms with Crippen LogP contribution in [0.4, 0.5) is 5.13 Å². The lowest BCUT2D eigenvalue weighted by atomic mass is 10.1. The maximum absolute atomic E-state index is 12.3. The van der Waals surface area contributed by atoms with E-state index in [9.17, 15) is 4.79 Å². The first kappa shape index (κ1) is 15.0. The van der Waals surface area contributed by atoms with Crippen LogP contribution in [0, 0.1) is 6.92 Å². The van der Waals surface area contributed by atoms with Crippen LogP contribution in [-0.4, -0.2) is 42.0 Å². The van der Waals surface area contributed by atoms with Crippen molar-refractivity contribution in [3.05, 3.63) is 47.0 Å². The number of anilines is 1. The number of hydrogen-bond donors (Lipinski definition) is 0. The number of nitrogens with zero attached hydrogens (tertiary/aromatic N) is 3. The summed E-state index contributed by atoms with van der Waals surface area (Å²) < 4.78 is 0. The van der Waals surface area contributed by atoms with Crippen LogP contribution in [0.2, 0.25) is 0 Å². The van der Waals surface area contributed by atoms with Gasteiger partial charge in [-0.2, -0.15) is 0 Å². The SMILES string of the molecule is Cc1cnc(N2CCN(C(=O)CCc3ccccc3)CC2)s1. The van der Waals surface area contributed by atoms with E-state index in [1.165, 1.54) is 10.4 Å². The van der Waals surface area contributed by atoms with Crippen molar-refractivity contribution < 1.29 is 4.79 Å². The van der Waals surface area contributed by atoms with E-state index in [-0.39, 0.29) is 5.91 Å². The molecule has 0 bridgehead atoms. The first-order valence-electron chi connectivity index (χ1n) is 7.71. The van der Waals surface area contributed by atoms with Crippen molar-refractivity contribution in [2.75, 3.05) is 31.1 Å². The molecule has 1 saturated heterocycles. The van der Waals surface area contributed by atoms with Crippen LogP contribution in [0.1, 0.15) is 16.9 Å². The second-order valence-electron chi connectivity index (χ2n) is 5.61. The fraction of sp³-hybridized carbons (Fsp3) is 0.412. The molecule has 0 unspecified atom stereocenters. The Labute approximate surface area is 135 Å². The topological polar surface area (TPSA) is 36.4 Å². The van der Waals surface area contributed by atoms with Crippen molar-refractivity contribution in [3.8, 4) is 0 Å². The van der Waals surface area contributed by atoms with Crippen molar-refractivity contribution in [2.45, 2.75) is 19.8 Å². The molecule has 0 N–H and O–H groups in total. The van der Waals surface area contributed by atoms with Gasteiger partial charge in [0, 0.05) is 43.7 Å². The van der Waals surface area contributed by atoms with E-state index >= 15 is 0 Å². The molecule has 0 aliphatic carbocycles. The zero-order chi connectivity index (χ0) is 15.4. The summed E-state index contributed by atoms with van der Waals surface area (Å²) in [5.41, 5.74) is 1.23. The molecule has 1 amide bonds. The van der Waals surface area contributed by atoms with Gasteiger partial charge in [-0.15, -0.1) is 11.3 Å².